The number of nitrogens with zero attached hydrogens (tertiary/aromatic N) is 3. The summed E-state index contributed by atoms with van der Waals surface area (Å²) in [6.45, 7) is 2.05. The van der Waals surface area contributed by atoms with Crippen molar-refractivity contribution in [3.05, 3.63) is 53.1 Å². The third kappa shape index (κ3) is 2.95. The highest BCUT2D eigenvalue weighted by molar-refractivity contribution is 6.30. The Balaban J connectivity index is 1.40. The van der Waals surface area contributed by atoms with Crippen LogP contribution in [0.3, 0.4) is 0 Å². The lowest BCUT2D eigenvalue weighted by Gasteiger charge is -2.53. The number of hydrogen-bond donors (Lipinski definition) is 0. The Bertz CT molecular complexity index is 884. The van der Waals surface area contributed by atoms with E-state index in [1.807, 2.05) is 23.1 Å². The summed E-state index contributed by atoms with van der Waals surface area (Å²) in [6.07, 6.45) is 8.32. The van der Waals surface area contributed by atoms with E-state index in [1.54, 1.807) is 12.4 Å². The van der Waals surface area contributed by atoms with Gasteiger partial charge in [-0.15, -0.1) is 0 Å². The number of hydrogen-bond acceptors (Lipinski definition) is 5. The fourth-order valence-corrected chi connectivity index (χ4v) is 5.07. The fraction of sp³-hybridized carbons (Fsp3) is 0.476. The lowest BCUT2D eigenvalue weighted by molar-refractivity contribution is -0.147. The molecular formula is C21H22ClN3O3. The number of carbonyl (C=O) groups is 1. The SMILES string of the molecule is O=C(c1cnccn1)N1CCC2(CC1)Oc1ccc(Cl)cc1[C@H]1OCCC[C@@H]12. The average Bonchev–Trinajstić information content (AvgIpc) is 2.75. The number of halogens is 1. The molecule has 1 spiro atoms. The summed E-state index contributed by atoms with van der Waals surface area (Å²) in [4.78, 5) is 22.7. The lowest BCUT2D eigenvalue weighted by Crippen LogP contribution is -2.57. The molecule has 5 rings (SSSR count). The van der Waals surface area contributed by atoms with Crippen LogP contribution in [0, 0.1) is 5.92 Å². The minimum absolute atomic E-state index is 0.0124. The van der Waals surface area contributed by atoms with Crippen molar-refractivity contribution in [1.82, 2.24) is 14.9 Å². The summed E-state index contributed by atoms with van der Waals surface area (Å²) in [5.41, 5.74) is 1.15. The van der Waals surface area contributed by atoms with Crippen LogP contribution in [0.2, 0.25) is 5.02 Å². The van der Waals surface area contributed by atoms with Gasteiger partial charge in [-0.25, -0.2) is 4.98 Å². The van der Waals surface area contributed by atoms with Crippen LogP contribution in [0.4, 0.5) is 0 Å². The maximum Gasteiger partial charge on any atom is 0.274 e. The van der Waals surface area contributed by atoms with E-state index in [0.29, 0.717) is 23.8 Å². The van der Waals surface area contributed by atoms with Gasteiger partial charge in [0.1, 0.15) is 17.0 Å². The molecule has 28 heavy (non-hydrogen) atoms. The Hall–Kier alpha value is -2.18. The van der Waals surface area contributed by atoms with Gasteiger partial charge in [0, 0.05) is 61.4 Å². The Morgan fingerprint density at radius 3 is 2.89 bits per heavy atom. The van der Waals surface area contributed by atoms with E-state index in [2.05, 4.69) is 9.97 Å². The molecule has 2 fully saturated rings. The molecular weight excluding hydrogens is 378 g/mol. The molecule has 0 unspecified atom stereocenters. The molecule has 146 valence electrons. The van der Waals surface area contributed by atoms with Crippen molar-refractivity contribution >= 4 is 17.5 Å². The smallest absolute Gasteiger partial charge is 0.274 e. The second kappa shape index (κ2) is 7.01. The molecule has 1 aromatic heterocycles. The third-order valence-corrected chi connectivity index (χ3v) is 6.50. The largest absolute Gasteiger partial charge is 0.486 e. The van der Waals surface area contributed by atoms with E-state index in [4.69, 9.17) is 21.1 Å². The summed E-state index contributed by atoms with van der Waals surface area (Å²) in [5.74, 6) is 1.07. The standard InChI is InChI=1S/C21H22ClN3O3/c22-14-3-4-18-15(12-14)19-16(2-1-11-27-19)21(28-18)5-9-25(10-6-21)20(26)17-13-23-7-8-24-17/h3-4,7-8,12-13,16,19H,1-2,5-6,9-11H2/t16-,19+/m0/s1. The number of likely N-dealkylation sites (tertiary alicyclic amines) is 1. The van der Waals surface area contributed by atoms with Gasteiger partial charge in [-0.2, -0.15) is 0 Å². The van der Waals surface area contributed by atoms with E-state index in [0.717, 1.165) is 43.6 Å². The quantitative estimate of drug-likeness (QED) is 0.732. The maximum absolute atomic E-state index is 12.7. The molecule has 3 aliphatic rings. The van der Waals surface area contributed by atoms with Gasteiger partial charge in [0.05, 0.1) is 12.3 Å². The van der Waals surface area contributed by atoms with Crippen LogP contribution in [-0.2, 0) is 4.74 Å². The van der Waals surface area contributed by atoms with E-state index in [1.165, 1.54) is 6.20 Å². The molecule has 2 atom stereocenters. The number of aromatic nitrogens is 2. The van der Waals surface area contributed by atoms with Crippen LogP contribution < -0.4 is 4.74 Å². The highest BCUT2D eigenvalue weighted by Gasteiger charge is 2.52. The minimum atomic E-state index is -0.301. The average molecular weight is 400 g/mol. The van der Waals surface area contributed by atoms with Gasteiger partial charge in [-0.1, -0.05) is 11.6 Å². The zero-order valence-electron chi connectivity index (χ0n) is 15.5. The lowest BCUT2D eigenvalue weighted by atomic mass is 9.70. The summed E-state index contributed by atoms with van der Waals surface area (Å²) >= 11 is 6.23. The third-order valence-electron chi connectivity index (χ3n) is 6.27. The molecule has 3 aliphatic heterocycles. The molecule has 0 aliphatic carbocycles. The number of amides is 1. The van der Waals surface area contributed by atoms with Gasteiger partial charge in [0.2, 0.25) is 0 Å². The summed E-state index contributed by atoms with van der Waals surface area (Å²) in [6, 6.07) is 5.79. The van der Waals surface area contributed by atoms with E-state index < -0.39 is 0 Å². The van der Waals surface area contributed by atoms with Crippen molar-refractivity contribution in [2.45, 2.75) is 37.4 Å². The van der Waals surface area contributed by atoms with Crippen LogP contribution >= 0.6 is 11.6 Å². The van der Waals surface area contributed by atoms with Crippen molar-refractivity contribution in [1.29, 1.82) is 0 Å². The Labute approximate surface area is 168 Å². The predicted molar refractivity (Wildman–Crippen MR) is 103 cm³/mol. The zero-order valence-corrected chi connectivity index (χ0v) is 16.3. The predicted octanol–water partition coefficient (Wildman–Crippen LogP) is 3.67. The molecule has 0 N–H and O–H groups in total. The molecule has 0 saturated carbocycles. The van der Waals surface area contributed by atoms with Crippen molar-refractivity contribution in [3.63, 3.8) is 0 Å². The van der Waals surface area contributed by atoms with Gasteiger partial charge in [-0.3, -0.25) is 9.78 Å². The number of carbonyl (C=O) groups excluding carboxylic acids is 1. The number of piperidine rings is 1. The second-order valence-corrected chi connectivity index (χ2v) is 8.21. The van der Waals surface area contributed by atoms with Crippen molar-refractivity contribution in [2.75, 3.05) is 19.7 Å². The molecule has 0 bridgehead atoms. The Kier molecular flexibility index (Phi) is 4.48. The first-order valence-electron chi connectivity index (χ1n) is 9.82. The van der Waals surface area contributed by atoms with Crippen LogP contribution in [-0.4, -0.2) is 46.1 Å². The minimum Gasteiger partial charge on any atom is -0.486 e. The first kappa shape index (κ1) is 17.9. The number of rotatable bonds is 1. The van der Waals surface area contributed by atoms with Crippen molar-refractivity contribution < 1.29 is 14.3 Å². The van der Waals surface area contributed by atoms with E-state index in [-0.39, 0.29) is 23.5 Å². The number of ether oxygens (including phenoxy) is 2. The van der Waals surface area contributed by atoms with Crippen LogP contribution in [0.5, 0.6) is 5.75 Å². The van der Waals surface area contributed by atoms with Crippen molar-refractivity contribution in [3.8, 4) is 5.75 Å². The number of benzene rings is 1. The Morgan fingerprint density at radius 2 is 2.11 bits per heavy atom. The fourth-order valence-electron chi connectivity index (χ4n) is 4.89. The van der Waals surface area contributed by atoms with Crippen molar-refractivity contribution in [2.24, 2.45) is 5.92 Å². The molecule has 2 aromatic rings. The maximum atomic E-state index is 12.7. The topological polar surface area (TPSA) is 64.6 Å². The normalized spacial score (nSPS) is 25.5. The molecule has 0 radical (unpaired) electrons. The molecule has 4 heterocycles. The summed E-state index contributed by atoms with van der Waals surface area (Å²) in [5, 5.41) is 0.704. The molecule has 1 amide bonds. The van der Waals surface area contributed by atoms with Gasteiger partial charge in [0.25, 0.3) is 5.91 Å². The highest BCUT2D eigenvalue weighted by atomic mass is 35.5. The first-order chi connectivity index (χ1) is 13.7. The van der Waals surface area contributed by atoms with Crippen LogP contribution in [0.25, 0.3) is 0 Å². The van der Waals surface area contributed by atoms with Gasteiger partial charge in [0.15, 0.2) is 0 Å². The molecule has 1 aromatic carbocycles. The summed E-state index contributed by atoms with van der Waals surface area (Å²) in [7, 11) is 0. The Morgan fingerprint density at radius 1 is 1.25 bits per heavy atom. The molecule has 6 nitrogen and oxygen atoms in total. The highest BCUT2D eigenvalue weighted by Crippen LogP contribution is 2.53. The van der Waals surface area contributed by atoms with Crippen LogP contribution in [0.15, 0.2) is 36.8 Å². The van der Waals surface area contributed by atoms with Gasteiger partial charge >= 0.3 is 0 Å². The zero-order chi connectivity index (χ0) is 19.1. The monoisotopic (exact) mass is 399 g/mol. The second-order valence-electron chi connectivity index (χ2n) is 7.77. The van der Waals surface area contributed by atoms with Crippen LogP contribution in [0.1, 0.15) is 47.8 Å². The summed E-state index contributed by atoms with van der Waals surface area (Å²) < 4.78 is 12.8. The van der Waals surface area contributed by atoms with Gasteiger partial charge < -0.3 is 14.4 Å². The molecule has 7 heteroatoms. The first-order valence-corrected chi connectivity index (χ1v) is 10.2. The van der Waals surface area contributed by atoms with Gasteiger partial charge in [-0.05, 0) is 31.0 Å². The van der Waals surface area contributed by atoms with E-state index in [9.17, 15) is 4.79 Å². The molecule has 2 saturated heterocycles. The number of fused-ring (bicyclic) bond motifs is 4. The van der Waals surface area contributed by atoms with E-state index >= 15 is 0 Å².